The van der Waals surface area contributed by atoms with E-state index in [9.17, 15) is 0 Å². The second-order valence-electron chi connectivity index (χ2n) is 3.94. The van der Waals surface area contributed by atoms with Crippen molar-refractivity contribution in [2.45, 2.75) is 34.1 Å². The molecule has 0 bridgehead atoms. The molecule has 1 rings (SSSR count). The Kier molecular flexibility index (Phi) is 10.2. The molecule has 0 spiro atoms. The van der Waals surface area contributed by atoms with Gasteiger partial charge in [-0.1, -0.05) is 34.1 Å². The van der Waals surface area contributed by atoms with E-state index in [1.165, 1.54) is 34.4 Å². The topological polar surface area (TPSA) is 0 Å². The van der Waals surface area contributed by atoms with Crippen LogP contribution in [0.3, 0.4) is 0 Å². The standard InChI is InChI=1S/C12H19S.3ClH.Zr/c1-8-9(2)11(4)12(10(8)3)6-7-13-5;;;;/h6-7H2,1-5H3;3*1H;/q-1;;;;+3/p-3. The van der Waals surface area contributed by atoms with Gasteiger partial charge in [0.1, 0.15) is 0 Å². The molecule has 0 unspecified atom stereocenters. The molecule has 0 N–H and O–H groups in total. The molecule has 0 aliphatic heterocycles. The van der Waals surface area contributed by atoms with Gasteiger partial charge in [-0.15, -0.1) is 0 Å². The van der Waals surface area contributed by atoms with E-state index in [0.717, 1.165) is 0 Å². The van der Waals surface area contributed by atoms with Crippen LogP contribution in [0, 0.1) is 27.7 Å². The van der Waals surface area contributed by atoms with Gasteiger partial charge in [-0.05, 0) is 12.0 Å². The molecule has 5 heteroatoms. The summed E-state index contributed by atoms with van der Waals surface area (Å²) >= 11 is -0.198. The number of thioether (sulfide) groups is 1. The van der Waals surface area contributed by atoms with Crippen LogP contribution < -0.4 is 0 Å². The van der Waals surface area contributed by atoms with E-state index in [1.807, 2.05) is 11.8 Å². The first-order chi connectivity index (χ1) is 7.82. The van der Waals surface area contributed by atoms with Gasteiger partial charge in [0.2, 0.25) is 0 Å². The molecule has 0 atom stereocenters. The Hall–Kier alpha value is 1.45. The number of halogens is 3. The van der Waals surface area contributed by atoms with Gasteiger partial charge in [0.05, 0.1) is 0 Å². The summed E-state index contributed by atoms with van der Waals surface area (Å²) in [7, 11) is 15.0. The quantitative estimate of drug-likeness (QED) is 0.602. The summed E-state index contributed by atoms with van der Waals surface area (Å²) < 4.78 is 0. The van der Waals surface area contributed by atoms with Crippen molar-refractivity contribution in [1.29, 1.82) is 0 Å². The van der Waals surface area contributed by atoms with Gasteiger partial charge in [0, 0.05) is 0 Å². The summed E-state index contributed by atoms with van der Waals surface area (Å²) in [6.07, 6.45) is 3.40. The molecule has 1 aromatic rings. The monoisotopic (exact) mass is 390 g/mol. The van der Waals surface area contributed by atoms with Gasteiger partial charge in [0.15, 0.2) is 0 Å². The average Bonchev–Trinajstić information content (AvgIpc) is 2.41. The number of hydrogen-bond donors (Lipinski definition) is 0. The summed E-state index contributed by atoms with van der Waals surface area (Å²) in [5.41, 5.74) is 7.61. The van der Waals surface area contributed by atoms with E-state index in [2.05, 4.69) is 34.0 Å². The van der Waals surface area contributed by atoms with Crippen LogP contribution in [0.1, 0.15) is 27.8 Å². The van der Waals surface area contributed by atoms with E-state index >= 15 is 0 Å². The Morgan fingerprint density at radius 3 is 1.65 bits per heavy atom. The third-order valence-electron chi connectivity index (χ3n) is 3.15. The Bertz CT molecular complexity index is 320. The summed E-state index contributed by atoms with van der Waals surface area (Å²) in [6, 6.07) is 0. The molecule has 0 radical (unpaired) electrons. The first-order valence-electron chi connectivity index (χ1n) is 5.37. The zero-order valence-electron chi connectivity index (χ0n) is 11.0. The molecule has 0 fully saturated rings. The van der Waals surface area contributed by atoms with Gasteiger partial charge in [-0.2, -0.15) is 39.6 Å². The predicted octanol–water partition coefficient (Wildman–Crippen LogP) is 5.61. The Morgan fingerprint density at radius 1 is 1.00 bits per heavy atom. The van der Waals surface area contributed by atoms with Crippen molar-refractivity contribution in [3.63, 3.8) is 0 Å². The molecule has 0 aliphatic rings. The van der Waals surface area contributed by atoms with Crippen molar-refractivity contribution < 1.29 is 18.2 Å². The van der Waals surface area contributed by atoms with Gasteiger partial charge in [-0.25, -0.2) is 0 Å². The third-order valence-corrected chi connectivity index (χ3v) is 3.76. The molecule has 17 heavy (non-hydrogen) atoms. The fraction of sp³-hybridized carbons (Fsp3) is 0.583. The van der Waals surface area contributed by atoms with E-state index < -0.39 is 18.2 Å². The maximum atomic E-state index is 5.00. The van der Waals surface area contributed by atoms with Gasteiger partial charge < -0.3 is 0 Å². The Morgan fingerprint density at radius 2 is 1.35 bits per heavy atom. The molecule has 0 aliphatic carbocycles. The van der Waals surface area contributed by atoms with E-state index in [4.69, 9.17) is 25.5 Å². The van der Waals surface area contributed by atoms with Crippen molar-refractivity contribution >= 4 is 37.3 Å². The number of hydrogen-bond acceptors (Lipinski definition) is 1. The van der Waals surface area contributed by atoms with E-state index in [-0.39, 0.29) is 0 Å². The first kappa shape index (κ1) is 18.5. The minimum atomic E-state index is -2.13. The zero-order chi connectivity index (χ0) is 13.6. The van der Waals surface area contributed by atoms with Crippen molar-refractivity contribution in [2.24, 2.45) is 0 Å². The van der Waals surface area contributed by atoms with E-state index in [1.54, 1.807) is 5.56 Å². The van der Waals surface area contributed by atoms with Crippen molar-refractivity contribution in [1.82, 2.24) is 0 Å². The predicted molar refractivity (Wildman–Crippen MR) is 80.6 cm³/mol. The van der Waals surface area contributed by atoms with E-state index in [0.29, 0.717) is 0 Å². The summed E-state index contributed by atoms with van der Waals surface area (Å²) in [6.45, 7) is 8.98. The maximum absolute atomic E-state index is 5.00. The van der Waals surface area contributed by atoms with Crippen LogP contribution >= 0.6 is 37.3 Å². The number of rotatable bonds is 3. The second kappa shape index (κ2) is 9.37. The third kappa shape index (κ3) is 6.43. The van der Waals surface area contributed by atoms with Gasteiger partial charge in [0.25, 0.3) is 0 Å². The molecule has 0 aromatic heterocycles. The second-order valence-corrected chi connectivity index (χ2v) is 16.1. The normalized spacial score (nSPS) is 9.88. The summed E-state index contributed by atoms with van der Waals surface area (Å²) in [4.78, 5) is 0. The Labute approximate surface area is 128 Å². The van der Waals surface area contributed by atoms with Crippen molar-refractivity contribution in [2.75, 3.05) is 12.0 Å². The van der Waals surface area contributed by atoms with Crippen molar-refractivity contribution in [3.05, 3.63) is 27.8 Å². The molecule has 99 valence electrons. The van der Waals surface area contributed by atoms with Crippen LogP contribution in [0.5, 0.6) is 0 Å². The molecule has 0 saturated heterocycles. The fourth-order valence-electron chi connectivity index (χ4n) is 1.88. The summed E-state index contributed by atoms with van der Waals surface area (Å²) in [5, 5.41) is 0. The molecular formula is C12H19Cl3SZr-. The van der Waals surface area contributed by atoms with Crippen molar-refractivity contribution in [3.8, 4) is 0 Å². The van der Waals surface area contributed by atoms with Gasteiger partial charge in [-0.3, -0.25) is 0 Å². The van der Waals surface area contributed by atoms with Crippen LogP contribution in [0.2, 0.25) is 0 Å². The Balaban J connectivity index is 0.000000557. The first-order valence-corrected chi connectivity index (χ1v) is 16.3. The fourth-order valence-corrected chi connectivity index (χ4v) is 2.28. The molecule has 0 amide bonds. The van der Waals surface area contributed by atoms with Crippen LogP contribution in [-0.2, 0) is 24.6 Å². The molecule has 0 heterocycles. The average molecular weight is 393 g/mol. The molecule has 0 saturated carbocycles. The van der Waals surface area contributed by atoms with Crippen LogP contribution in [0.25, 0.3) is 0 Å². The van der Waals surface area contributed by atoms with Crippen LogP contribution in [-0.4, -0.2) is 12.0 Å². The molecule has 0 nitrogen and oxygen atoms in total. The van der Waals surface area contributed by atoms with Gasteiger partial charge >= 0.3 is 43.7 Å². The zero-order valence-corrected chi connectivity index (χ0v) is 16.5. The van der Waals surface area contributed by atoms with Crippen LogP contribution in [0.4, 0.5) is 0 Å². The summed E-state index contributed by atoms with van der Waals surface area (Å²) in [5.74, 6) is 1.24. The van der Waals surface area contributed by atoms with Crippen LogP contribution in [0.15, 0.2) is 0 Å². The SMILES string of the molecule is CSCC[c-]1c(C)c(C)c(C)c1C.[Cl][Zr]([Cl])[Cl]. The molecular weight excluding hydrogens is 374 g/mol. The molecule has 1 aromatic carbocycles. The minimum absolute atomic E-state index is 1.23.